The van der Waals surface area contributed by atoms with Crippen molar-refractivity contribution in [1.82, 2.24) is 5.32 Å². The summed E-state index contributed by atoms with van der Waals surface area (Å²) >= 11 is 0. The van der Waals surface area contributed by atoms with Gasteiger partial charge in [-0.15, -0.1) is 6.42 Å². The Morgan fingerprint density at radius 2 is 2.57 bits per heavy atom. The summed E-state index contributed by atoms with van der Waals surface area (Å²) in [4.78, 5) is 0. The van der Waals surface area contributed by atoms with Crippen molar-refractivity contribution < 1.29 is 0 Å². The van der Waals surface area contributed by atoms with Gasteiger partial charge in [-0.3, -0.25) is 0 Å². The summed E-state index contributed by atoms with van der Waals surface area (Å²) in [5.74, 6) is 2.47. The Hall–Kier alpha value is -0.740. The summed E-state index contributed by atoms with van der Waals surface area (Å²) in [6.07, 6.45) is 5.02. The second-order valence-electron chi connectivity index (χ2n) is 1.63. The highest BCUT2D eigenvalue weighted by Crippen LogP contribution is 2.05. The third kappa shape index (κ3) is 0.819. The molecule has 0 radical (unpaired) electrons. The normalized spacial score (nSPS) is 25.9. The van der Waals surface area contributed by atoms with E-state index in [2.05, 4.69) is 17.8 Å². The summed E-state index contributed by atoms with van der Waals surface area (Å²) in [6, 6.07) is 0.435. The lowest BCUT2D eigenvalue weighted by Crippen LogP contribution is -1.89. The van der Waals surface area contributed by atoms with E-state index in [1.165, 1.54) is 0 Å². The van der Waals surface area contributed by atoms with E-state index in [4.69, 9.17) is 6.42 Å². The molecule has 0 aromatic rings. The highest BCUT2D eigenvalue weighted by molar-refractivity contribution is 5.31. The molecule has 0 aliphatic carbocycles. The fourth-order valence-corrected chi connectivity index (χ4v) is 0.406. The summed E-state index contributed by atoms with van der Waals surface area (Å²) < 4.78 is 0. The van der Waals surface area contributed by atoms with Crippen LogP contribution in [-0.2, 0) is 0 Å². The minimum absolute atomic E-state index is 0.435. The zero-order valence-electron chi connectivity index (χ0n) is 4.07. The van der Waals surface area contributed by atoms with Crippen LogP contribution in [-0.4, -0.2) is 12.6 Å². The largest absolute Gasteiger partial charge is 0.306 e. The van der Waals surface area contributed by atoms with Crippen molar-refractivity contribution >= 4 is 0 Å². The minimum Gasteiger partial charge on any atom is -0.306 e. The lowest BCUT2D eigenvalue weighted by Gasteiger charge is -1.82. The van der Waals surface area contributed by atoms with Gasteiger partial charge in [-0.25, -0.2) is 0 Å². The predicted octanol–water partition coefficient (Wildman–Crippen LogP) is 0.148. The summed E-state index contributed by atoms with van der Waals surface area (Å²) in [6.45, 7) is 4.65. The predicted molar refractivity (Wildman–Crippen MR) is 29.8 cm³/mol. The van der Waals surface area contributed by atoms with Crippen molar-refractivity contribution in [2.24, 2.45) is 0 Å². The smallest absolute Gasteiger partial charge is 0.0521 e. The Kier molecular flexibility index (Phi) is 0.883. The van der Waals surface area contributed by atoms with Crippen LogP contribution in [0.5, 0.6) is 0 Å². The average molecular weight is 93.1 g/mol. The van der Waals surface area contributed by atoms with Gasteiger partial charge in [0.05, 0.1) is 6.04 Å². The van der Waals surface area contributed by atoms with Crippen molar-refractivity contribution in [3.05, 3.63) is 12.2 Å². The first-order valence-corrected chi connectivity index (χ1v) is 2.23. The molecule has 1 saturated heterocycles. The Morgan fingerprint density at radius 3 is 2.71 bits per heavy atom. The number of rotatable bonds is 1. The molecule has 1 nitrogen and oxygen atoms in total. The van der Waals surface area contributed by atoms with Crippen LogP contribution < -0.4 is 5.32 Å². The average Bonchev–Trinajstić information content (AvgIpc) is 2.44. The first-order valence-electron chi connectivity index (χ1n) is 2.23. The molecule has 0 aromatic carbocycles. The molecule has 1 fully saturated rings. The van der Waals surface area contributed by atoms with E-state index in [0.29, 0.717) is 6.04 Å². The van der Waals surface area contributed by atoms with Gasteiger partial charge in [-0.1, -0.05) is 12.5 Å². The van der Waals surface area contributed by atoms with Gasteiger partial charge in [0, 0.05) is 12.1 Å². The number of nitrogens with one attached hydrogen (secondary N) is 1. The monoisotopic (exact) mass is 93.1 g/mol. The van der Waals surface area contributed by atoms with Gasteiger partial charge in [-0.05, 0) is 0 Å². The first kappa shape index (κ1) is 4.42. The van der Waals surface area contributed by atoms with Crippen LogP contribution in [0.2, 0.25) is 0 Å². The molecule has 1 atom stereocenters. The lowest BCUT2D eigenvalue weighted by atomic mass is 10.2. The van der Waals surface area contributed by atoms with Crippen LogP contribution in [0, 0.1) is 12.3 Å². The topological polar surface area (TPSA) is 21.9 Å². The maximum absolute atomic E-state index is 5.02. The molecule has 1 aliphatic rings. The van der Waals surface area contributed by atoms with Crippen molar-refractivity contribution in [1.29, 1.82) is 0 Å². The maximum Gasteiger partial charge on any atom is 0.0521 e. The molecule has 1 heterocycles. The molecule has 1 rings (SSSR count). The Labute approximate surface area is 43.4 Å². The second kappa shape index (κ2) is 1.40. The zero-order chi connectivity index (χ0) is 5.28. The van der Waals surface area contributed by atoms with Crippen LogP contribution in [0.15, 0.2) is 12.2 Å². The van der Waals surface area contributed by atoms with Gasteiger partial charge < -0.3 is 5.32 Å². The van der Waals surface area contributed by atoms with Crippen LogP contribution in [0.25, 0.3) is 0 Å². The molecule has 0 saturated carbocycles. The Balaban J connectivity index is 2.42. The summed E-state index contributed by atoms with van der Waals surface area (Å²) in [5.41, 5.74) is 0.875. The summed E-state index contributed by atoms with van der Waals surface area (Å²) in [7, 11) is 0. The van der Waals surface area contributed by atoms with Crippen molar-refractivity contribution in [3.63, 3.8) is 0 Å². The fraction of sp³-hybridized carbons (Fsp3) is 0.333. The van der Waals surface area contributed by atoms with Crippen LogP contribution in [0.3, 0.4) is 0 Å². The SMILES string of the molecule is C#CC(=C)C1CN1. The molecular formula is C6H7N. The van der Waals surface area contributed by atoms with E-state index >= 15 is 0 Å². The van der Waals surface area contributed by atoms with Crippen molar-refractivity contribution in [2.45, 2.75) is 6.04 Å². The molecule has 7 heavy (non-hydrogen) atoms. The van der Waals surface area contributed by atoms with Gasteiger partial charge in [0.25, 0.3) is 0 Å². The number of hydrogen-bond acceptors (Lipinski definition) is 1. The maximum atomic E-state index is 5.02. The standard InChI is InChI=1S/C6H7N/c1-3-5(2)6-4-7-6/h1,6-7H,2,4H2. The van der Waals surface area contributed by atoms with Gasteiger partial charge in [-0.2, -0.15) is 0 Å². The van der Waals surface area contributed by atoms with E-state index in [-0.39, 0.29) is 0 Å². The van der Waals surface area contributed by atoms with Crippen molar-refractivity contribution in [3.8, 4) is 12.3 Å². The molecule has 1 N–H and O–H groups in total. The Bertz CT molecular complexity index is 126. The molecule has 1 aliphatic heterocycles. The summed E-state index contributed by atoms with van der Waals surface area (Å²) in [5, 5.41) is 3.04. The van der Waals surface area contributed by atoms with Gasteiger partial charge >= 0.3 is 0 Å². The number of terminal acetylenes is 1. The molecule has 1 heteroatoms. The van der Waals surface area contributed by atoms with E-state index in [0.717, 1.165) is 12.1 Å². The van der Waals surface area contributed by atoms with Crippen LogP contribution >= 0.6 is 0 Å². The molecule has 0 bridgehead atoms. The van der Waals surface area contributed by atoms with E-state index in [1.807, 2.05) is 0 Å². The first-order chi connectivity index (χ1) is 3.34. The third-order valence-electron chi connectivity index (χ3n) is 1.01. The van der Waals surface area contributed by atoms with Crippen LogP contribution in [0.1, 0.15) is 0 Å². The fourth-order valence-electron chi connectivity index (χ4n) is 0.406. The molecule has 36 valence electrons. The van der Waals surface area contributed by atoms with Crippen molar-refractivity contribution in [2.75, 3.05) is 6.54 Å². The van der Waals surface area contributed by atoms with Gasteiger partial charge in [0.1, 0.15) is 0 Å². The van der Waals surface area contributed by atoms with E-state index < -0.39 is 0 Å². The van der Waals surface area contributed by atoms with E-state index in [1.54, 1.807) is 0 Å². The van der Waals surface area contributed by atoms with Gasteiger partial charge in [0.15, 0.2) is 0 Å². The van der Waals surface area contributed by atoms with Crippen LogP contribution in [0.4, 0.5) is 0 Å². The minimum atomic E-state index is 0.435. The van der Waals surface area contributed by atoms with Gasteiger partial charge in [0.2, 0.25) is 0 Å². The molecule has 0 spiro atoms. The lowest BCUT2D eigenvalue weighted by molar-refractivity contribution is 1.17. The highest BCUT2D eigenvalue weighted by atomic mass is 15.1. The molecule has 0 amide bonds. The number of hydrogen-bond donors (Lipinski definition) is 1. The highest BCUT2D eigenvalue weighted by Gasteiger charge is 2.21. The van der Waals surface area contributed by atoms with E-state index in [9.17, 15) is 0 Å². The molecular weight excluding hydrogens is 86.1 g/mol. The molecule has 1 unspecified atom stereocenters. The third-order valence-corrected chi connectivity index (χ3v) is 1.01. The Morgan fingerprint density at radius 1 is 2.00 bits per heavy atom. The second-order valence-corrected chi connectivity index (χ2v) is 1.63. The zero-order valence-corrected chi connectivity index (χ0v) is 4.07. The molecule has 0 aromatic heterocycles. The quantitative estimate of drug-likeness (QED) is 0.361.